The number of hydrazine groups is 1. The Kier molecular flexibility index (Phi) is 4.12. The first-order valence-electron chi connectivity index (χ1n) is 5.23. The molecule has 17 heavy (non-hydrogen) atoms. The van der Waals surface area contributed by atoms with E-state index in [1.807, 2.05) is 36.4 Å². The standard InChI is InChI=1S/C13H12BrFN2/c14-11-7-6-10(13(15)8-11)9-16-17-12-4-2-1-3-5-12/h1-8,16-17H,9H2. The summed E-state index contributed by atoms with van der Waals surface area (Å²) >= 11 is 3.23. The first-order chi connectivity index (χ1) is 8.25. The molecule has 88 valence electrons. The van der Waals surface area contributed by atoms with Crippen LogP contribution in [0.5, 0.6) is 0 Å². The van der Waals surface area contributed by atoms with E-state index in [1.54, 1.807) is 6.07 Å². The summed E-state index contributed by atoms with van der Waals surface area (Å²) in [5.74, 6) is -0.221. The molecule has 0 spiro atoms. The number of hydrogen-bond acceptors (Lipinski definition) is 2. The zero-order valence-electron chi connectivity index (χ0n) is 9.08. The smallest absolute Gasteiger partial charge is 0.128 e. The highest BCUT2D eigenvalue weighted by molar-refractivity contribution is 9.10. The van der Waals surface area contributed by atoms with Gasteiger partial charge in [0.1, 0.15) is 5.82 Å². The summed E-state index contributed by atoms with van der Waals surface area (Å²) in [6.07, 6.45) is 0. The van der Waals surface area contributed by atoms with Crippen molar-refractivity contribution < 1.29 is 4.39 Å². The van der Waals surface area contributed by atoms with Gasteiger partial charge in [0.25, 0.3) is 0 Å². The average molecular weight is 295 g/mol. The van der Waals surface area contributed by atoms with Crippen LogP contribution in [0, 0.1) is 5.82 Å². The second-order valence-corrected chi connectivity index (χ2v) is 4.50. The lowest BCUT2D eigenvalue weighted by Gasteiger charge is -2.09. The fraction of sp³-hybridized carbons (Fsp3) is 0.0769. The maximum atomic E-state index is 13.5. The first-order valence-corrected chi connectivity index (χ1v) is 6.03. The SMILES string of the molecule is Fc1cc(Br)ccc1CNNc1ccccc1. The summed E-state index contributed by atoms with van der Waals surface area (Å²) in [4.78, 5) is 0. The van der Waals surface area contributed by atoms with Crippen molar-refractivity contribution in [3.63, 3.8) is 0 Å². The molecule has 0 atom stereocenters. The van der Waals surface area contributed by atoms with Gasteiger partial charge in [0.15, 0.2) is 0 Å². The summed E-state index contributed by atoms with van der Waals surface area (Å²) in [7, 11) is 0. The van der Waals surface area contributed by atoms with Crippen molar-refractivity contribution in [1.29, 1.82) is 0 Å². The quantitative estimate of drug-likeness (QED) is 0.840. The van der Waals surface area contributed by atoms with Crippen molar-refractivity contribution in [2.45, 2.75) is 6.54 Å². The Labute approximate surface area is 108 Å². The number of halogens is 2. The highest BCUT2D eigenvalue weighted by Gasteiger charge is 2.01. The minimum absolute atomic E-state index is 0.221. The van der Waals surface area contributed by atoms with Crippen molar-refractivity contribution in [1.82, 2.24) is 5.43 Å². The summed E-state index contributed by atoms with van der Waals surface area (Å²) in [6, 6.07) is 14.7. The van der Waals surface area contributed by atoms with Crippen LogP contribution in [-0.4, -0.2) is 0 Å². The molecule has 2 aromatic rings. The number of rotatable bonds is 4. The number of para-hydroxylation sites is 1. The van der Waals surface area contributed by atoms with Crippen LogP contribution in [0.2, 0.25) is 0 Å². The van der Waals surface area contributed by atoms with Crippen LogP contribution >= 0.6 is 15.9 Å². The first kappa shape index (κ1) is 12.1. The van der Waals surface area contributed by atoms with E-state index in [0.29, 0.717) is 12.1 Å². The van der Waals surface area contributed by atoms with E-state index < -0.39 is 0 Å². The molecular weight excluding hydrogens is 283 g/mol. The lowest BCUT2D eigenvalue weighted by atomic mass is 10.2. The van der Waals surface area contributed by atoms with Crippen molar-refractivity contribution >= 4 is 21.6 Å². The topological polar surface area (TPSA) is 24.1 Å². The van der Waals surface area contributed by atoms with Crippen LogP contribution in [0.3, 0.4) is 0 Å². The predicted molar refractivity (Wildman–Crippen MR) is 71.0 cm³/mol. The summed E-state index contributed by atoms with van der Waals surface area (Å²) in [6.45, 7) is 0.425. The van der Waals surface area contributed by atoms with Crippen molar-refractivity contribution in [2.24, 2.45) is 0 Å². The van der Waals surface area contributed by atoms with Gasteiger partial charge >= 0.3 is 0 Å². The van der Waals surface area contributed by atoms with Gasteiger partial charge in [-0.15, -0.1) is 0 Å². The Hall–Kier alpha value is -1.39. The fourth-order valence-electron chi connectivity index (χ4n) is 1.43. The third-order valence-electron chi connectivity index (χ3n) is 2.30. The second kappa shape index (κ2) is 5.80. The third-order valence-corrected chi connectivity index (χ3v) is 2.79. The van der Waals surface area contributed by atoms with E-state index in [4.69, 9.17) is 0 Å². The summed E-state index contributed by atoms with van der Waals surface area (Å²) in [5.41, 5.74) is 7.55. The maximum absolute atomic E-state index is 13.5. The van der Waals surface area contributed by atoms with Gasteiger partial charge < -0.3 is 5.43 Å². The molecule has 0 fully saturated rings. The van der Waals surface area contributed by atoms with Gasteiger partial charge in [-0.2, -0.15) is 0 Å². The molecule has 0 aliphatic rings. The van der Waals surface area contributed by atoms with Gasteiger partial charge in [0.05, 0.1) is 0 Å². The molecular formula is C13H12BrFN2. The van der Waals surface area contributed by atoms with Crippen LogP contribution in [0.25, 0.3) is 0 Å². The maximum Gasteiger partial charge on any atom is 0.128 e. The average Bonchev–Trinajstić information content (AvgIpc) is 2.33. The normalized spacial score (nSPS) is 10.2. The molecule has 0 heterocycles. The Bertz CT molecular complexity index is 488. The van der Waals surface area contributed by atoms with E-state index in [0.717, 1.165) is 10.2 Å². The Morgan fingerprint density at radius 2 is 1.82 bits per heavy atom. The lowest BCUT2D eigenvalue weighted by Crippen LogP contribution is -2.21. The van der Waals surface area contributed by atoms with Crippen LogP contribution in [0.4, 0.5) is 10.1 Å². The number of anilines is 1. The zero-order chi connectivity index (χ0) is 12.1. The molecule has 0 aliphatic carbocycles. The van der Waals surface area contributed by atoms with E-state index >= 15 is 0 Å². The molecule has 0 saturated heterocycles. The van der Waals surface area contributed by atoms with Gasteiger partial charge in [-0.1, -0.05) is 40.2 Å². The number of hydrogen-bond donors (Lipinski definition) is 2. The molecule has 0 unspecified atom stereocenters. The van der Waals surface area contributed by atoms with Crippen molar-refractivity contribution in [3.05, 3.63) is 64.4 Å². The Morgan fingerprint density at radius 1 is 1.06 bits per heavy atom. The zero-order valence-corrected chi connectivity index (χ0v) is 10.7. The molecule has 0 aromatic heterocycles. The minimum Gasteiger partial charge on any atom is -0.321 e. The third kappa shape index (κ3) is 3.54. The van der Waals surface area contributed by atoms with Crippen LogP contribution in [-0.2, 0) is 6.54 Å². The molecule has 0 saturated carbocycles. The molecule has 2 aromatic carbocycles. The van der Waals surface area contributed by atoms with Gasteiger partial charge in [0.2, 0.25) is 0 Å². The molecule has 0 aliphatic heterocycles. The van der Waals surface area contributed by atoms with E-state index in [9.17, 15) is 4.39 Å². The molecule has 0 radical (unpaired) electrons. The predicted octanol–water partition coefficient (Wildman–Crippen LogP) is 3.70. The second-order valence-electron chi connectivity index (χ2n) is 3.58. The van der Waals surface area contributed by atoms with Crippen LogP contribution in [0.1, 0.15) is 5.56 Å². The molecule has 0 amide bonds. The highest BCUT2D eigenvalue weighted by Crippen LogP contribution is 2.15. The van der Waals surface area contributed by atoms with E-state index in [-0.39, 0.29) is 5.82 Å². The van der Waals surface area contributed by atoms with Gasteiger partial charge in [-0.3, -0.25) is 0 Å². The molecule has 2 nitrogen and oxygen atoms in total. The minimum atomic E-state index is -0.221. The van der Waals surface area contributed by atoms with Crippen molar-refractivity contribution in [3.8, 4) is 0 Å². The number of benzene rings is 2. The molecule has 0 bridgehead atoms. The highest BCUT2D eigenvalue weighted by atomic mass is 79.9. The molecule has 4 heteroatoms. The van der Waals surface area contributed by atoms with Crippen LogP contribution < -0.4 is 10.9 Å². The Morgan fingerprint density at radius 3 is 2.53 bits per heavy atom. The largest absolute Gasteiger partial charge is 0.321 e. The number of nitrogens with one attached hydrogen (secondary N) is 2. The van der Waals surface area contributed by atoms with E-state index in [1.165, 1.54) is 6.07 Å². The van der Waals surface area contributed by atoms with Gasteiger partial charge in [-0.25, -0.2) is 9.82 Å². The van der Waals surface area contributed by atoms with Crippen LogP contribution in [0.15, 0.2) is 53.0 Å². The lowest BCUT2D eigenvalue weighted by molar-refractivity contribution is 0.599. The van der Waals surface area contributed by atoms with Crippen molar-refractivity contribution in [2.75, 3.05) is 5.43 Å². The van der Waals surface area contributed by atoms with E-state index in [2.05, 4.69) is 26.8 Å². The van der Waals surface area contributed by atoms with Gasteiger partial charge in [0, 0.05) is 22.3 Å². The fourth-order valence-corrected chi connectivity index (χ4v) is 1.76. The monoisotopic (exact) mass is 294 g/mol. The van der Waals surface area contributed by atoms with Gasteiger partial charge in [-0.05, 0) is 24.3 Å². The molecule has 2 rings (SSSR count). The summed E-state index contributed by atoms with van der Waals surface area (Å²) < 4.78 is 14.2. The molecule has 2 N–H and O–H groups in total. The Balaban J connectivity index is 1.90. The summed E-state index contributed by atoms with van der Waals surface area (Å²) in [5, 5.41) is 0.